The molecular formula is C12H12N4O2. The second-order valence-electron chi connectivity index (χ2n) is 3.48. The molecule has 1 heterocycles. The predicted octanol–water partition coefficient (Wildman–Crippen LogP) is 1.26. The molecule has 1 aromatic carbocycles. The minimum atomic E-state index is -0.545. The van der Waals surface area contributed by atoms with Gasteiger partial charge in [0.1, 0.15) is 17.3 Å². The molecule has 1 amide bonds. The summed E-state index contributed by atoms with van der Waals surface area (Å²) in [7, 11) is 0. The maximum Gasteiger partial charge on any atom is 0.252 e. The highest BCUT2D eigenvalue weighted by Gasteiger charge is 2.09. The van der Waals surface area contributed by atoms with Gasteiger partial charge in [-0.05, 0) is 18.2 Å². The number of nitrogens with two attached hydrogens (primary N) is 2. The van der Waals surface area contributed by atoms with Gasteiger partial charge in [0, 0.05) is 12.3 Å². The lowest BCUT2D eigenvalue weighted by Gasteiger charge is -2.09. The number of anilines is 1. The van der Waals surface area contributed by atoms with Gasteiger partial charge in [-0.2, -0.15) is 0 Å². The molecule has 0 aliphatic rings. The van der Waals surface area contributed by atoms with E-state index in [-0.39, 0.29) is 0 Å². The van der Waals surface area contributed by atoms with Crippen LogP contribution in [-0.4, -0.2) is 10.9 Å². The van der Waals surface area contributed by atoms with Crippen LogP contribution in [-0.2, 0) is 0 Å². The normalized spacial score (nSPS) is 9.83. The highest BCUT2D eigenvalue weighted by molar-refractivity contribution is 5.95. The molecule has 0 saturated heterocycles. The van der Waals surface area contributed by atoms with Crippen molar-refractivity contribution in [3.8, 4) is 11.5 Å². The van der Waals surface area contributed by atoms with E-state index in [1.54, 1.807) is 36.4 Å². The van der Waals surface area contributed by atoms with Crippen LogP contribution >= 0.6 is 0 Å². The van der Waals surface area contributed by atoms with Crippen molar-refractivity contribution in [3.63, 3.8) is 0 Å². The molecule has 0 bridgehead atoms. The lowest BCUT2D eigenvalue weighted by Crippen LogP contribution is -2.12. The number of hydrazine groups is 1. The van der Waals surface area contributed by atoms with Crippen molar-refractivity contribution in [1.82, 2.24) is 4.98 Å². The van der Waals surface area contributed by atoms with E-state index in [4.69, 9.17) is 16.3 Å². The zero-order valence-electron chi connectivity index (χ0n) is 9.46. The van der Waals surface area contributed by atoms with Crippen molar-refractivity contribution in [2.75, 3.05) is 5.43 Å². The largest absolute Gasteiger partial charge is 0.456 e. The molecule has 0 aliphatic carbocycles. The second-order valence-corrected chi connectivity index (χ2v) is 3.48. The summed E-state index contributed by atoms with van der Waals surface area (Å²) in [6, 6.07) is 9.99. The minimum absolute atomic E-state index is 0.316. The lowest BCUT2D eigenvalue weighted by atomic mass is 10.2. The van der Waals surface area contributed by atoms with E-state index in [0.29, 0.717) is 22.9 Å². The molecule has 6 nitrogen and oxygen atoms in total. The zero-order valence-corrected chi connectivity index (χ0v) is 9.46. The number of carbonyl (C=O) groups is 1. The van der Waals surface area contributed by atoms with Crippen molar-refractivity contribution in [2.24, 2.45) is 11.6 Å². The van der Waals surface area contributed by atoms with Gasteiger partial charge in [0.15, 0.2) is 0 Å². The van der Waals surface area contributed by atoms with Gasteiger partial charge in [0.05, 0.1) is 5.56 Å². The molecule has 2 rings (SSSR count). The van der Waals surface area contributed by atoms with Gasteiger partial charge >= 0.3 is 0 Å². The first-order chi connectivity index (χ1) is 8.70. The first kappa shape index (κ1) is 11.9. The molecule has 6 heteroatoms. The summed E-state index contributed by atoms with van der Waals surface area (Å²) >= 11 is 0. The van der Waals surface area contributed by atoms with Crippen LogP contribution < -0.4 is 21.7 Å². The number of nitrogens with zero attached hydrogens (tertiary/aromatic N) is 1. The van der Waals surface area contributed by atoms with Crippen molar-refractivity contribution < 1.29 is 9.53 Å². The zero-order chi connectivity index (χ0) is 13.0. The van der Waals surface area contributed by atoms with Gasteiger partial charge in [0.2, 0.25) is 0 Å². The van der Waals surface area contributed by atoms with Crippen LogP contribution in [0.2, 0.25) is 0 Å². The number of benzene rings is 1. The van der Waals surface area contributed by atoms with Crippen LogP contribution in [0.5, 0.6) is 11.5 Å². The number of rotatable bonds is 4. The first-order valence-corrected chi connectivity index (χ1v) is 5.20. The number of carbonyl (C=O) groups excluding carboxylic acids is 1. The van der Waals surface area contributed by atoms with E-state index in [1.165, 1.54) is 6.20 Å². The van der Waals surface area contributed by atoms with E-state index in [2.05, 4.69) is 10.4 Å². The number of ether oxygens (including phenoxy) is 1. The fourth-order valence-corrected chi connectivity index (χ4v) is 1.44. The van der Waals surface area contributed by atoms with Crippen LogP contribution in [0.1, 0.15) is 10.4 Å². The third-order valence-electron chi connectivity index (χ3n) is 2.26. The van der Waals surface area contributed by atoms with Gasteiger partial charge in [-0.3, -0.25) is 4.79 Å². The third-order valence-corrected chi connectivity index (χ3v) is 2.26. The molecule has 0 aliphatic heterocycles. The van der Waals surface area contributed by atoms with Gasteiger partial charge < -0.3 is 15.9 Å². The van der Waals surface area contributed by atoms with Gasteiger partial charge in [-0.1, -0.05) is 12.1 Å². The number of hydrogen-bond acceptors (Lipinski definition) is 5. The number of para-hydroxylation sites is 1. The van der Waals surface area contributed by atoms with Crippen LogP contribution in [0, 0.1) is 0 Å². The lowest BCUT2D eigenvalue weighted by molar-refractivity contribution is 0.0998. The maximum absolute atomic E-state index is 11.2. The standard InChI is InChI=1S/C12H12N4O2/c13-12(17)9-3-1-2-4-10(9)18-8-5-6-15-11(7-8)16-14/h1-7H,14H2,(H2,13,17)(H,15,16). The Morgan fingerprint density at radius 2 is 2.06 bits per heavy atom. The van der Waals surface area contributed by atoms with Crippen molar-refractivity contribution in [2.45, 2.75) is 0 Å². The first-order valence-electron chi connectivity index (χ1n) is 5.20. The van der Waals surface area contributed by atoms with Crippen LogP contribution in [0.15, 0.2) is 42.6 Å². The van der Waals surface area contributed by atoms with Gasteiger partial charge in [-0.25, -0.2) is 10.8 Å². The van der Waals surface area contributed by atoms with Crippen molar-refractivity contribution >= 4 is 11.7 Å². The number of pyridine rings is 1. The Kier molecular flexibility index (Phi) is 3.40. The molecule has 0 saturated carbocycles. The second kappa shape index (κ2) is 5.15. The summed E-state index contributed by atoms with van der Waals surface area (Å²) in [5, 5.41) is 0. The SMILES string of the molecule is NNc1cc(Oc2ccccc2C(N)=O)ccn1. The van der Waals surface area contributed by atoms with E-state index >= 15 is 0 Å². The topological polar surface area (TPSA) is 103 Å². The Morgan fingerprint density at radius 3 is 2.78 bits per heavy atom. The quantitative estimate of drug-likeness (QED) is 0.555. The average molecular weight is 244 g/mol. The minimum Gasteiger partial charge on any atom is -0.456 e. The Balaban J connectivity index is 2.31. The van der Waals surface area contributed by atoms with E-state index in [9.17, 15) is 4.79 Å². The summed E-state index contributed by atoms with van der Waals surface area (Å²) in [6.07, 6.45) is 1.54. The fourth-order valence-electron chi connectivity index (χ4n) is 1.44. The fraction of sp³-hybridized carbons (Fsp3) is 0. The molecule has 0 atom stereocenters. The molecule has 1 aromatic heterocycles. The molecule has 0 radical (unpaired) electrons. The molecule has 92 valence electrons. The molecule has 0 unspecified atom stereocenters. The highest BCUT2D eigenvalue weighted by atomic mass is 16.5. The van der Waals surface area contributed by atoms with Crippen molar-refractivity contribution in [3.05, 3.63) is 48.2 Å². The van der Waals surface area contributed by atoms with Crippen LogP contribution in [0.3, 0.4) is 0 Å². The van der Waals surface area contributed by atoms with Gasteiger partial charge in [-0.15, -0.1) is 0 Å². The molecule has 18 heavy (non-hydrogen) atoms. The van der Waals surface area contributed by atoms with Crippen LogP contribution in [0.4, 0.5) is 5.82 Å². The predicted molar refractivity (Wildman–Crippen MR) is 67.1 cm³/mol. The summed E-state index contributed by atoms with van der Waals surface area (Å²) in [6.45, 7) is 0. The maximum atomic E-state index is 11.2. The number of aromatic nitrogens is 1. The molecule has 0 spiro atoms. The molecule has 2 aromatic rings. The van der Waals surface area contributed by atoms with E-state index < -0.39 is 5.91 Å². The smallest absolute Gasteiger partial charge is 0.252 e. The molecule has 5 N–H and O–H groups in total. The number of amides is 1. The summed E-state index contributed by atoms with van der Waals surface area (Å²) in [4.78, 5) is 15.2. The number of nitrogens with one attached hydrogen (secondary N) is 1. The molecular weight excluding hydrogens is 232 g/mol. The van der Waals surface area contributed by atoms with Crippen molar-refractivity contribution in [1.29, 1.82) is 0 Å². The summed E-state index contributed by atoms with van der Waals surface area (Å²) in [5.41, 5.74) is 7.98. The Hall–Kier alpha value is -2.60. The Morgan fingerprint density at radius 1 is 1.28 bits per heavy atom. The number of primary amides is 1. The van der Waals surface area contributed by atoms with E-state index in [1.807, 2.05) is 0 Å². The van der Waals surface area contributed by atoms with E-state index in [0.717, 1.165) is 0 Å². The average Bonchev–Trinajstić information content (AvgIpc) is 2.39. The number of hydrogen-bond donors (Lipinski definition) is 3. The number of nitrogen functional groups attached to an aromatic ring is 1. The van der Waals surface area contributed by atoms with Gasteiger partial charge in [0.25, 0.3) is 5.91 Å². The summed E-state index contributed by atoms with van der Waals surface area (Å²) in [5.74, 6) is 6.06. The van der Waals surface area contributed by atoms with Crippen LogP contribution in [0.25, 0.3) is 0 Å². The Bertz CT molecular complexity index is 572. The third kappa shape index (κ3) is 2.55. The monoisotopic (exact) mass is 244 g/mol. The molecule has 0 fully saturated rings. The Labute approximate surface area is 104 Å². The summed E-state index contributed by atoms with van der Waals surface area (Å²) < 4.78 is 5.58. The highest BCUT2D eigenvalue weighted by Crippen LogP contribution is 2.25.